The van der Waals surface area contributed by atoms with Gasteiger partial charge in [-0.1, -0.05) is 20.3 Å². The van der Waals surface area contributed by atoms with Crippen LogP contribution in [0.2, 0.25) is 0 Å². The molecule has 12 heavy (non-hydrogen) atoms. The van der Waals surface area contributed by atoms with E-state index in [-0.39, 0.29) is 6.04 Å². The van der Waals surface area contributed by atoms with E-state index in [1.54, 1.807) is 11.8 Å². The van der Waals surface area contributed by atoms with Gasteiger partial charge in [-0.2, -0.15) is 0 Å². The maximum absolute atomic E-state index is 10.6. The highest BCUT2D eigenvalue weighted by Gasteiger charge is 2.31. The number of carbonyl (C=O) groups is 1. The normalized spacial score (nSPS) is 31.8. The molecule has 0 amide bonds. The van der Waals surface area contributed by atoms with Crippen LogP contribution in [0.4, 0.5) is 0 Å². The summed E-state index contributed by atoms with van der Waals surface area (Å²) in [5, 5.41) is 12.1. The van der Waals surface area contributed by atoms with Gasteiger partial charge in [-0.3, -0.25) is 10.1 Å². The topological polar surface area (TPSA) is 49.3 Å². The predicted molar refractivity (Wildman–Crippen MR) is 50.3 cm³/mol. The highest BCUT2D eigenvalue weighted by atomic mass is 32.2. The molecule has 0 saturated carbocycles. The summed E-state index contributed by atoms with van der Waals surface area (Å²) >= 11 is 1.72. The molecule has 0 aromatic rings. The summed E-state index contributed by atoms with van der Waals surface area (Å²) < 4.78 is 0. The van der Waals surface area contributed by atoms with Crippen molar-refractivity contribution in [3.8, 4) is 0 Å². The second kappa shape index (κ2) is 4.14. The third-order valence-electron chi connectivity index (χ3n) is 2.27. The number of aliphatic carboxylic acids is 1. The zero-order chi connectivity index (χ0) is 9.14. The minimum Gasteiger partial charge on any atom is -0.480 e. The van der Waals surface area contributed by atoms with Gasteiger partial charge in [-0.05, 0) is 5.92 Å². The van der Waals surface area contributed by atoms with Crippen molar-refractivity contribution in [2.24, 2.45) is 5.92 Å². The van der Waals surface area contributed by atoms with Gasteiger partial charge in [0.25, 0.3) is 0 Å². The first kappa shape index (κ1) is 9.86. The van der Waals surface area contributed by atoms with Crippen molar-refractivity contribution in [2.45, 2.75) is 31.7 Å². The van der Waals surface area contributed by atoms with Gasteiger partial charge in [0.2, 0.25) is 0 Å². The fraction of sp³-hybridized carbons (Fsp3) is 0.875. The molecule has 0 spiro atoms. The smallest absolute Gasteiger partial charge is 0.321 e. The van der Waals surface area contributed by atoms with Crippen molar-refractivity contribution in [3.63, 3.8) is 0 Å². The molecule has 0 aromatic carbocycles. The summed E-state index contributed by atoms with van der Waals surface area (Å²) in [5.41, 5.74) is 0. The number of carboxylic acids is 1. The Morgan fingerprint density at radius 2 is 2.50 bits per heavy atom. The third-order valence-corrected chi connectivity index (χ3v) is 3.75. The highest BCUT2D eigenvalue weighted by molar-refractivity contribution is 8.00. The summed E-state index contributed by atoms with van der Waals surface area (Å²) in [7, 11) is 0. The molecule has 1 aliphatic rings. The number of hydrogen-bond donors (Lipinski definition) is 2. The molecule has 1 fully saturated rings. The van der Waals surface area contributed by atoms with E-state index < -0.39 is 5.97 Å². The Kier molecular flexibility index (Phi) is 3.40. The Bertz CT molecular complexity index is 174. The van der Waals surface area contributed by atoms with Crippen LogP contribution in [0, 0.1) is 5.92 Å². The van der Waals surface area contributed by atoms with E-state index in [1.165, 1.54) is 0 Å². The zero-order valence-electron chi connectivity index (χ0n) is 7.41. The monoisotopic (exact) mass is 189 g/mol. The number of rotatable bonds is 3. The molecule has 0 unspecified atom stereocenters. The fourth-order valence-electron chi connectivity index (χ4n) is 1.18. The van der Waals surface area contributed by atoms with E-state index in [4.69, 9.17) is 5.11 Å². The van der Waals surface area contributed by atoms with Crippen molar-refractivity contribution < 1.29 is 9.90 Å². The molecule has 0 aliphatic carbocycles. The molecule has 1 rings (SSSR count). The van der Waals surface area contributed by atoms with Gasteiger partial charge in [0.15, 0.2) is 0 Å². The van der Waals surface area contributed by atoms with Crippen LogP contribution in [-0.4, -0.2) is 28.2 Å². The molecule has 4 heteroatoms. The van der Waals surface area contributed by atoms with Gasteiger partial charge in [0, 0.05) is 5.75 Å². The molecule has 1 heterocycles. The van der Waals surface area contributed by atoms with Crippen molar-refractivity contribution in [2.75, 3.05) is 5.75 Å². The van der Waals surface area contributed by atoms with Crippen LogP contribution in [0.25, 0.3) is 0 Å². The number of thioether (sulfide) groups is 1. The lowest BCUT2D eigenvalue weighted by molar-refractivity contribution is -0.138. The molecule has 1 aliphatic heterocycles. The molecule has 3 atom stereocenters. The Balaban J connectivity index is 2.40. The van der Waals surface area contributed by atoms with E-state index in [0.717, 1.165) is 6.42 Å². The second-order valence-electron chi connectivity index (χ2n) is 3.20. The summed E-state index contributed by atoms with van der Waals surface area (Å²) in [6.07, 6.45) is 1.09. The number of nitrogens with one attached hydrogen (secondary N) is 1. The van der Waals surface area contributed by atoms with Crippen LogP contribution >= 0.6 is 11.8 Å². The van der Waals surface area contributed by atoms with Crippen LogP contribution in [0.3, 0.4) is 0 Å². The maximum Gasteiger partial charge on any atom is 0.321 e. The SMILES string of the molecule is CC[C@@H](C)[C@H]1N[C@H](C(=O)O)CS1. The standard InChI is InChI=1S/C8H15NO2S/c1-3-5(2)7-9-6(4-12-7)8(10)11/h5-7,9H,3-4H2,1-2H3,(H,10,11)/t5-,6+,7+/m1/s1. The average Bonchev–Trinajstić information content (AvgIpc) is 2.51. The van der Waals surface area contributed by atoms with E-state index in [9.17, 15) is 4.79 Å². The van der Waals surface area contributed by atoms with Gasteiger partial charge >= 0.3 is 5.97 Å². The van der Waals surface area contributed by atoms with E-state index >= 15 is 0 Å². The Hall–Kier alpha value is -0.220. The van der Waals surface area contributed by atoms with E-state index in [2.05, 4.69) is 19.2 Å². The van der Waals surface area contributed by atoms with Gasteiger partial charge in [0.1, 0.15) is 6.04 Å². The first-order valence-electron chi connectivity index (χ1n) is 4.25. The largest absolute Gasteiger partial charge is 0.480 e. The van der Waals surface area contributed by atoms with Crippen molar-refractivity contribution >= 4 is 17.7 Å². The summed E-state index contributed by atoms with van der Waals surface area (Å²) in [4.78, 5) is 10.6. The summed E-state index contributed by atoms with van der Waals surface area (Å²) in [5.74, 6) is 0.525. The number of hydrogen-bond acceptors (Lipinski definition) is 3. The summed E-state index contributed by atoms with van der Waals surface area (Å²) in [6, 6.07) is -0.339. The molecule has 70 valence electrons. The lowest BCUT2D eigenvalue weighted by atomic mass is 10.1. The summed E-state index contributed by atoms with van der Waals surface area (Å²) in [6.45, 7) is 4.27. The maximum atomic E-state index is 10.6. The first-order chi connectivity index (χ1) is 5.65. The number of carboxylic acid groups (broad SMARTS) is 1. The quantitative estimate of drug-likeness (QED) is 0.699. The molecule has 0 aromatic heterocycles. The molecule has 2 N–H and O–H groups in total. The Morgan fingerprint density at radius 1 is 1.83 bits per heavy atom. The van der Waals surface area contributed by atoms with Crippen molar-refractivity contribution in [3.05, 3.63) is 0 Å². The van der Waals surface area contributed by atoms with Gasteiger partial charge < -0.3 is 5.11 Å². The van der Waals surface area contributed by atoms with Crippen molar-refractivity contribution in [1.29, 1.82) is 0 Å². The Morgan fingerprint density at radius 3 is 2.92 bits per heavy atom. The molecular formula is C8H15NO2S. The van der Waals surface area contributed by atoms with E-state index in [0.29, 0.717) is 17.0 Å². The molecule has 1 saturated heterocycles. The highest BCUT2D eigenvalue weighted by Crippen LogP contribution is 2.26. The van der Waals surface area contributed by atoms with Crippen LogP contribution in [-0.2, 0) is 4.79 Å². The Labute approximate surface area is 76.9 Å². The predicted octanol–water partition coefficient (Wildman–Crippen LogP) is 1.15. The molecular weight excluding hydrogens is 174 g/mol. The van der Waals surface area contributed by atoms with Gasteiger partial charge in [0.05, 0.1) is 5.37 Å². The lowest BCUT2D eigenvalue weighted by Gasteiger charge is -2.16. The molecule has 3 nitrogen and oxygen atoms in total. The van der Waals surface area contributed by atoms with Crippen LogP contribution in [0.1, 0.15) is 20.3 Å². The fourth-order valence-corrected chi connectivity index (χ4v) is 2.60. The van der Waals surface area contributed by atoms with Crippen molar-refractivity contribution in [1.82, 2.24) is 5.32 Å². The minimum absolute atomic E-state index is 0.330. The minimum atomic E-state index is -0.728. The van der Waals surface area contributed by atoms with Gasteiger partial charge in [-0.15, -0.1) is 11.8 Å². The third kappa shape index (κ3) is 2.14. The second-order valence-corrected chi connectivity index (χ2v) is 4.37. The molecule has 0 bridgehead atoms. The zero-order valence-corrected chi connectivity index (χ0v) is 8.23. The molecule has 0 radical (unpaired) electrons. The van der Waals surface area contributed by atoms with Crippen LogP contribution in [0.5, 0.6) is 0 Å². The first-order valence-corrected chi connectivity index (χ1v) is 5.30. The lowest BCUT2D eigenvalue weighted by Crippen LogP contribution is -2.38. The van der Waals surface area contributed by atoms with Crippen LogP contribution in [0.15, 0.2) is 0 Å². The van der Waals surface area contributed by atoms with E-state index in [1.807, 2.05) is 0 Å². The average molecular weight is 189 g/mol. The van der Waals surface area contributed by atoms with Gasteiger partial charge in [-0.25, -0.2) is 0 Å². The van der Waals surface area contributed by atoms with Crippen LogP contribution < -0.4 is 5.32 Å².